The van der Waals surface area contributed by atoms with E-state index in [1.807, 2.05) is 20.8 Å². The van der Waals surface area contributed by atoms with Crippen molar-refractivity contribution in [1.82, 2.24) is 5.32 Å². The lowest BCUT2D eigenvalue weighted by Gasteiger charge is -2.08. The lowest BCUT2D eigenvalue weighted by Crippen LogP contribution is -2.25. The molecule has 0 saturated heterocycles. The summed E-state index contributed by atoms with van der Waals surface area (Å²) in [5.74, 6) is -4.11. The van der Waals surface area contributed by atoms with Crippen molar-refractivity contribution in [3.63, 3.8) is 0 Å². The molecule has 0 spiro atoms. The van der Waals surface area contributed by atoms with Crippen molar-refractivity contribution in [2.24, 2.45) is 5.92 Å². The van der Waals surface area contributed by atoms with E-state index in [0.717, 1.165) is 17.7 Å². The number of carbonyl (C=O) groups excluding carboxylic acids is 1. The van der Waals surface area contributed by atoms with Crippen LogP contribution in [0.5, 0.6) is 0 Å². The summed E-state index contributed by atoms with van der Waals surface area (Å²) in [7, 11) is 0. The van der Waals surface area contributed by atoms with Crippen molar-refractivity contribution in [3.8, 4) is 0 Å². The van der Waals surface area contributed by atoms with E-state index in [2.05, 4.69) is 10.6 Å². The zero-order valence-electron chi connectivity index (χ0n) is 10.9. The number of rotatable bonds is 3. The average Bonchev–Trinajstić information content (AvgIpc) is 2.36. The molecule has 0 aromatic heterocycles. The third-order valence-corrected chi connectivity index (χ3v) is 2.63. The molecule has 0 fully saturated rings. The van der Waals surface area contributed by atoms with Crippen LogP contribution < -0.4 is 10.6 Å². The van der Waals surface area contributed by atoms with Crippen molar-refractivity contribution in [1.29, 1.82) is 0 Å². The van der Waals surface area contributed by atoms with E-state index in [1.54, 1.807) is 0 Å². The fourth-order valence-electron chi connectivity index (χ4n) is 1.13. The number of allylic oxidation sites excluding steroid dienone is 1. The van der Waals surface area contributed by atoms with E-state index in [-0.39, 0.29) is 5.92 Å². The Morgan fingerprint density at radius 3 is 2.42 bits per heavy atom. The Hall–Kier alpha value is -1.98. The van der Waals surface area contributed by atoms with Gasteiger partial charge in [0, 0.05) is 6.20 Å². The first kappa shape index (κ1) is 15.1. The molecule has 1 aromatic rings. The molecular formula is C13H15F3N2O. The summed E-state index contributed by atoms with van der Waals surface area (Å²) in [6.45, 7) is 5.71. The molecule has 0 saturated carbocycles. The molecule has 0 aliphatic heterocycles. The Bertz CT molecular complexity index is 513. The van der Waals surface area contributed by atoms with Crippen LogP contribution >= 0.6 is 0 Å². The van der Waals surface area contributed by atoms with Crippen LogP contribution in [0.4, 0.5) is 23.7 Å². The van der Waals surface area contributed by atoms with E-state index in [1.165, 1.54) is 6.20 Å². The standard InChI is InChI=1S/C13H15F3N2O/c1-7(2)8(3)6-17-13(19)18-10-5-4-9(14)11(15)12(10)16/h4-7H,1-3H3,(H2,17,18,19)/b8-6+. The van der Waals surface area contributed by atoms with Crippen molar-refractivity contribution in [2.75, 3.05) is 5.32 Å². The highest BCUT2D eigenvalue weighted by atomic mass is 19.2. The molecule has 1 rings (SSSR count). The topological polar surface area (TPSA) is 41.1 Å². The molecule has 104 valence electrons. The molecule has 0 aliphatic rings. The molecule has 3 nitrogen and oxygen atoms in total. The molecule has 0 bridgehead atoms. The lowest BCUT2D eigenvalue weighted by molar-refractivity contribution is 0.255. The van der Waals surface area contributed by atoms with Gasteiger partial charge in [0.2, 0.25) is 0 Å². The predicted octanol–water partition coefficient (Wildman–Crippen LogP) is 3.79. The quantitative estimate of drug-likeness (QED) is 0.808. The number of anilines is 1. The molecule has 0 heterocycles. The Morgan fingerprint density at radius 2 is 1.84 bits per heavy atom. The van der Waals surface area contributed by atoms with Crippen LogP contribution in [-0.4, -0.2) is 6.03 Å². The largest absolute Gasteiger partial charge is 0.323 e. The lowest BCUT2D eigenvalue weighted by atomic mass is 10.1. The fraction of sp³-hybridized carbons (Fsp3) is 0.308. The van der Waals surface area contributed by atoms with E-state index in [0.29, 0.717) is 0 Å². The second kappa shape index (κ2) is 6.26. The SMILES string of the molecule is C/C(=C\NC(=O)Nc1ccc(F)c(F)c1F)C(C)C. The van der Waals surface area contributed by atoms with Crippen molar-refractivity contribution in [2.45, 2.75) is 20.8 Å². The first-order chi connectivity index (χ1) is 8.82. The molecule has 6 heteroatoms. The summed E-state index contributed by atoms with van der Waals surface area (Å²) in [4.78, 5) is 11.4. The maximum atomic E-state index is 13.3. The van der Waals surface area contributed by atoms with E-state index in [4.69, 9.17) is 0 Å². The number of urea groups is 1. The van der Waals surface area contributed by atoms with E-state index < -0.39 is 29.2 Å². The van der Waals surface area contributed by atoms with Crippen molar-refractivity contribution in [3.05, 3.63) is 41.4 Å². The van der Waals surface area contributed by atoms with Crippen LogP contribution in [-0.2, 0) is 0 Å². The van der Waals surface area contributed by atoms with Crippen LogP contribution in [0.15, 0.2) is 23.9 Å². The van der Waals surface area contributed by atoms with Gasteiger partial charge in [-0.1, -0.05) is 19.4 Å². The highest BCUT2D eigenvalue weighted by Crippen LogP contribution is 2.19. The van der Waals surface area contributed by atoms with Gasteiger partial charge in [-0.2, -0.15) is 0 Å². The maximum Gasteiger partial charge on any atom is 0.323 e. The number of amides is 2. The summed E-state index contributed by atoms with van der Waals surface area (Å²) in [5, 5.41) is 4.47. The number of hydrogen-bond donors (Lipinski definition) is 2. The minimum atomic E-state index is -1.62. The second-order valence-electron chi connectivity index (χ2n) is 4.36. The number of carbonyl (C=O) groups is 1. The van der Waals surface area contributed by atoms with Gasteiger partial charge >= 0.3 is 6.03 Å². The molecule has 0 radical (unpaired) electrons. The van der Waals surface area contributed by atoms with Crippen LogP contribution in [0, 0.1) is 23.4 Å². The Balaban J connectivity index is 2.73. The summed E-state index contributed by atoms with van der Waals surface area (Å²) < 4.78 is 38.9. The van der Waals surface area contributed by atoms with Crippen molar-refractivity contribution < 1.29 is 18.0 Å². The molecule has 0 aliphatic carbocycles. The molecule has 1 aromatic carbocycles. The minimum absolute atomic E-state index is 0.250. The monoisotopic (exact) mass is 272 g/mol. The highest BCUT2D eigenvalue weighted by Gasteiger charge is 2.14. The molecule has 2 N–H and O–H groups in total. The minimum Gasteiger partial charge on any atom is -0.314 e. The van der Waals surface area contributed by atoms with Gasteiger partial charge in [0.25, 0.3) is 0 Å². The molecule has 2 amide bonds. The number of benzene rings is 1. The van der Waals surface area contributed by atoms with E-state index in [9.17, 15) is 18.0 Å². The summed E-state index contributed by atoms with van der Waals surface area (Å²) in [6, 6.07) is 0.958. The summed E-state index contributed by atoms with van der Waals surface area (Å²) in [6.07, 6.45) is 1.47. The van der Waals surface area contributed by atoms with Gasteiger partial charge in [0.1, 0.15) is 0 Å². The molecule has 19 heavy (non-hydrogen) atoms. The first-order valence-electron chi connectivity index (χ1n) is 5.70. The van der Waals surface area contributed by atoms with Crippen LogP contribution in [0.25, 0.3) is 0 Å². The van der Waals surface area contributed by atoms with Crippen LogP contribution in [0.3, 0.4) is 0 Å². The summed E-state index contributed by atoms with van der Waals surface area (Å²) in [5.41, 5.74) is 0.493. The van der Waals surface area contributed by atoms with Gasteiger partial charge in [0.05, 0.1) is 5.69 Å². The van der Waals surface area contributed by atoms with Crippen molar-refractivity contribution >= 4 is 11.7 Å². The first-order valence-corrected chi connectivity index (χ1v) is 5.70. The predicted molar refractivity (Wildman–Crippen MR) is 67.1 cm³/mol. The van der Waals surface area contributed by atoms with Crippen LogP contribution in [0.1, 0.15) is 20.8 Å². The average molecular weight is 272 g/mol. The van der Waals surface area contributed by atoms with Gasteiger partial charge in [-0.05, 0) is 25.0 Å². The van der Waals surface area contributed by atoms with Gasteiger partial charge in [-0.25, -0.2) is 18.0 Å². The van der Waals surface area contributed by atoms with Gasteiger partial charge in [-0.3, -0.25) is 0 Å². The number of nitrogens with one attached hydrogen (secondary N) is 2. The van der Waals surface area contributed by atoms with Gasteiger partial charge in [-0.15, -0.1) is 0 Å². The number of halogens is 3. The number of hydrogen-bond acceptors (Lipinski definition) is 1. The fourth-order valence-corrected chi connectivity index (χ4v) is 1.13. The third kappa shape index (κ3) is 4.01. The van der Waals surface area contributed by atoms with Gasteiger partial charge in [0.15, 0.2) is 17.5 Å². The Kier molecular flexibility index (Phi) is 4.97. The molecular weight excluding hydrogens is 257 g/mol. The molecule has 0 atom stereocenters. The smallest absolute Gasteiger partial charge is 0.314 e. The van der Waals surface area contributed by atoms with E-state index >= 15 is 0 Å². The zero-order valence-corrected chi connectivity index (χ0v) is 10.9. The second-order valence-corrected chi connectivity index (χ2v) is 4.36. The highest BCUT2D eigenvalue weighted by molar-refractivity contribution is 5.90. The Labute approximate surface area is 109 Å². The zero-order chi connectivity index (χ0) is 14.6. The summed E-state index contributed by atoms with van der Waals surface area (Å²) >= 11 is 0. The molecule has 0 unspecified atom stereocenters. The third-order valence-electron chi connectivity index (χ3n) is 2.63. The normalized spacial score (nSPS) is 11.6. The maximum absolute atomic E-state index is 13.3. The van der Waals surface area contributed by atoms with Crippen LogP contribution in [0.2, 0.25) is 0 Å². The van der Waals surface area contributed by atoms with Gasteiger partial charge < -0.3 is 10.6 Å². The Morgan fingerprint density at radius 1 is 1.21 bits per heavy atom.